The molecule has 0 saturated carbocycles. The van der Waals surface area contributed by atoms with Gasteiger partial charge in [-0.1, -0.05) is 38.1 Å². The highest BCUT2D eigenvalue weighted by atomic mass is 32.2. The van der Waals surface area contributed by atoms with Crippen LogP contribution in [0.1, 0.15) is 36.7 Å². The number of furan rings is 1. The predicted octanol–water partition coefficient (Wildman–Crippen LogP) is 4.64. The quantitative estimate of drug-likeness (QED) is 0.768. The van der Waals surface area contributed by atoms with Gasteiger partial charge in [-0.15, -0.1) is 0 Å². The van der Waals surface area contributed by atoms with Crippen LogP contribution in [0.5, 0.6) is 0 Å². The van der Waals surface area contributed by atoms with Gasteiger partial charge < -0.3 is 4.42 Å². The Kier molecular flexibility index (Phi) is 4.39. The van der Waals surface area contributed by atoms with Gasteiger partial charge in [-0.3, -0.25) is 14.5 Å². The minimum atomic E-state index is -0.274. The van der Waals surface area contributed by atoms with Crippen molar-refractivity contribution >= 4 is 29.0 Å². The van der Waals surface area contributed by atoms with Gasteiger partial charge in [-0.05, 0) is 40.9 Å². The van der Waals surface area contributed by atoms with Gasteiger partial charge >= 0.3 is 0 Å². The van der Waals surface area contributed by atoms with E-state index in [4.69, 9.17) is 4.42 Å². The first-order valence-electron chi connectivity index (χ1n) is 7.42. The second-order valence-corrected chi connectivity index (χ2v) is 6.67. The molecule has 1 aromatic heterocycles. The molecule has 1 aliphatic rings. The molecule has 0 spiro atoms. The first-order chi connectivity index (χ1) is 11.0. The van der Waals surface area contributed by atoms with Crippen LogP contribution in [0.4, 0.5) is 4.79 Å². The van der Waals surface area contributed by atoms with E-state index in [1.165, 1.54) is 16.7 Å². The molecule has 23 heavy (non-hydrogen) atoms. The van der Waals surface area contributed by atoms with Crippen LogP contribution in [0.25, 0.3) is 6.08 Å². The van der Waals surface area contributed by atoms with E-state index in [0.29, 0.717) is 23.1 Å². The lowest BCUT2D eigenvalue weighted by Crippen LogP contribution is -2.27. The Hall–Kier alpha value is -2.27. The number of amides is 2. The molecule has 2 heterocycles. The minimum Gasteiger partial charge on any atom is -0.465 e. The Balaban J connectivity index is 1.75. The van der Waals surface area contributed by atoms with Crippen LogP contribution in [-0.4, -0.2) is 16.0 Å². The van der Waals surface area contributed by atoms with E-state index in [0.717, 1.165) is 17.3 Å². The van der Waals surface area contributed by atoms with E-state index in [2.05, 4.69) is 13.8 Å². The topological polar surface area (TPSA) is 50.5 Å². The van der Waals surface area contributed by atoms with Gasteiger partial charge in [0, 0.05) is 6.08 Å². The molecule has 0 unspecified atom stereocenters. The summed E-state index contributed by atoms with van der Waals surface area (Å²) in [4.78, 5) is 26.2. The van der Waals surface area contributed by atoms with Crippen LogP contribution >= 0.6 is 11.8 Å². The van der Waals surface area contributed by atoms with E-state index in [-0.39, 0.29) is 11.1 Å². The molecule has 5 heteroatoms. The summed E-state index contributed by atoms with van der Waals surface area (Å²) >= 11 is 0.946. The van der Waals surface area contributed by atoms with Crippen molar-refractivity contribution in [1.29, 1.82) is 0 Å². The lowest BCUT2D eigenvalue weighted by molar-refractivity contribution is -0.123. The van der Waals surface area contributed by atoms with E-state index >= 15 is 0 Å². The zero-order valence-corrected chi connectivity index (χ0v) is 13.8. The lowest BCUT2D eigenvalue weighted by atomic mass is 10.0. The van der Waals surface area contributed by atoms with Crippen molar-refractivity contribution in [3.63, 3.8) is 0 Å². The van der Waals surface area contributed by atoms with E-state index in [1.807, 2.05) is 24.3 Å². The van der Waals surface area contributed by atoms with Crippen LogP contribution < -0.4 is 0 Å². The molecule has 118 valence electrons. The van der Waals surface area contributed by atoms with Gasteiger partial charge in [0.1, 0.15) is 5.76 Å². The minimum absolute atomic E-state index is 0.249. The lowest BCUT2D eigenvalue weighted by Gasteiger charge is -2.13. The fourth-order valence-electron chi connectivity index (χ4n) is 2.33. The number of carbonyl (C=O) groups excluding carboxylic acids is 2. The van der Waals surface area contributed by atoms with Crippen molar-refractivity contribution in [1.82, 2.24) is 4.90 Å². The first-order valence-corrected chi connectivity index (χ1v) is 8.24. The zero-order chi connectivity index (χ0) is 16.4. The molecule has 2 amide bonds. The summed E-state index contributed by atoms with van der Waals surface area (Å²) in [5, 5.41) is -0.249. The van der Waals surface area contributed by atoms with Crippen LogP contribution in [-0.2, 0) is 11.3 Å². The van der Waals surface area contributed by atoms with Crippen molar-refractivity contribution in [2.45, 2.75) is 26.3 Å². The van der Waals surface area contributed by atoms with Crippen LogP contribution in [0.2, 0.25) is 0 Å². The number of hydrogen-bond donors (Lipinski definition) is 0. The Bertz CT molecular complexity index is 745. The van der Waals surface area contributed by atoms with Gasteiger partial charge in [0.05, 0.1) is 17.7 Å². The average Bonchev–Trinajstić information content (AvgIpc) is 3.12. The number of rotatable bonds is 4. The highest BCUT2D eigenvalue weighted by Gasteiger charge is 2.35. The highest BCUT2D eigenvalue weighted by Crippen LogP contribution is 2.33. The molecule has 1 aliphatic heterocycles. The number of hydrogen-bond acceptors (Lipinski definition) is 4. The molecule has 0 aliphatic carbocycles. The number of thioether (sulfide) groups is 1. The second-order valence-electron chi connectivity index (χ2n) is 5.68. The molecule has 1 fully saturated rings. The molecular weight excluding hydrogens is 310 g/mol. The molecule has 3 rings (SSSR count). The maximum Gasteiger partial charge on any atom is 0.293 e. The molecule has 0 atom stereocenters. The third kappa shape index (κ3) is 3.40. The summed E-state index contributed by atoms with van der Waals surface area (Å²) in [5.74, 6) is 0.749. The first kappa shape index (κ1) is 15.6. The number of imide groups is 1. The highest BCUT2D eigenvalue weighted by molar-refractivity contribution is 8.18. The van der Waals surface area contributed by atoms with Gasteiger partial charge in [-0.25, -0.2) is 0 Å². The third-order valence-corrected chi connectivity index (χ3v) is 4.58. The van der Waals surface area contributed by atoms with Crippen molar-refractivity contribution in [2.75, 3.05) is 0 Å². The van der Waals surface area contributed by atoms with Crippen molar-refractivity contribution in [2.24, 2.45) is 0 Å². The SMILES string of the molecule is CC(C)c1ccc(CN2C(=O)S/C(=C\c3ccco3)C2=O)cc1. The fourth-order valence-corrected chi connectivity index (χ4v) is 3.15. The number of nitrogens with zero attached hydrogens (tertiary/aromatic N) is 1. The Morgan fingerprint density at radius 2 is 1.91 bits per heavy atom. The Morgan fingerprint density at radius 3 is 2.52 bits per heavy atom. The van der Waals surface area contributed by atoms with Crippen molar-refractivity contribution in [3.05, 3.63) is 64.5 Å². The van der Waals surface area contributed by atoms with Gasteiger partial charge in [0.2, 0.25) is 0 Å². The monoisotopic (exact) mass is 327 g/mol. The van der Waals surface area contributed by atoms with E-state index in [1.54, 1.807) is 18.2 Å². The van der Waals surface area contributed by atoms with Crippen LogP contribution in [0.15, 0.2) is 52.0 Å². The van der Waals surface area contributed by atoms with E-state index in [9.17, 15) is 9.59 Å². The summed E-state index contributed by atoms with van der Waals surface area (Å²) in [7, 11) is 0. The van der Waals surface area contributed by atoms with Gasteiger partial charge in [0.25, 0.3) is 11.1 Å². The van der Waals surface area contributed by atoms with Crippen molar-refractivity contribution < 1.29 is 14.0 Å². The largest absolute Gasteiger partial charge is 0.465 e. The second kappa shape index (κ2) is 6.46. The third-order valence-electron chi connectivity index (χ3n) is 3.68. The Labute approximate surface area is 139 Å². The maximum atomic E-state index is 12.4. The van der Waals surface area contributed by atoms with Gasteiger partial charge in [0.15, 0.2) is 0 Å². The molecular formula is C18H17NO3S. The summed E-state index contributed by atoms with van der Waals surface area (Å²) in [6.45, 7) is 4.55. The summed E-state index contributed by atoms with van der Waals surface area (Å²) in [6, 6.07) is 11.5. The molecule has 1 aromatic carbocycles. The fraction of sp³-hybridized carbons (Fsp3) is 0.222. The predicted molar refractivity (Wildman–Crippen MR) is 90.8 cm³/mol. The van der Waals surface area contributed by atoms with Crippen LogP contribution in [0.3, 0.4) is 0 Å². The number of carbonyl (C=O) groups is 2. The summed E-state index contributed by atoms with van der Waals surface area (Å²) in [5.41, 5.74) is 2.18. The summed E-state index contributed by atoms with van der Waals surface area (Å²) in [6.07, 6.45) is 3.14. The molecule has 0 bridgehead atoms. The maximum absolute atomic E-state index is 12.4. The van der Waals surface area contributed by atoms with Crippen molar-refractivity contribution in [3.8, 4) is 0 Å². The standard InChI is InChI=1S/C18H17NO3S/c1-12(2)14-7-5-13(6-8-14)11-19-17(20)16(23-18(19)21)10-15-4-3-9-22-15/h3-10,12H,11H2,1-2H3/b16-10-. The smallest absolute Gasteiger partial charge is 0.293 e. The molecule has 1 saturated heterocycles. The molecule has 0 radical (unpaired) electrons. The molecule has 2 aromatic rings. The van der Waals surface area contributed by atoms with Gasteiger partial charge in [-0.2, -0.15) is 0 Å². The average molecular weight is 327 g/mol. The number of benzene rings is 1. The zero-order valence-electron chi connectivity index (χ0n) is 13.0. The normalized spacial score (nSPS) is 16.8. The van der Waals surface area contributed by atoms with E-state index < -0.39 is 0 Å². The molecule has 0 N–H and O–H groups in total. The molecule has 4 nitrogen and oxygen atoms in total. The Morgan fingerprint density at radius 1 is 1.17 bits per heavy atom. The van der Waals surface area contributed by atoms with Crippen LogP contribution in [0, 0.1) is 0 Å². The summed E-state index contributed by atoms with van der Waals surface area (Å²) < 4.78 is 5.20.